The molecule has 0 aliphatic heterocycles. The van der Waals surface area contributed by atoms with Crippen molar-refractivity contribution in [3.8, 4) is 0 Å². The van der Waals surface area contributed by atoms with Crippen molar-refractivity contribution in [3.63, 3.8) is 0 Å². The average Bonchev–Trinajstić information content (AvgIpc) is 2.05. The molecule has 0 spiro atoms. The maximum atomic E-state index is 3.87. The minimum Gasteiger partial charge on any atom is -0.234 e. The predicted molar refractivity (Wildman–Crippen MR) is 34.0 cm³/mol. The molecule has 4 heteroatoms. The fourth-order valence-electron chi connectivity index (χ4n) is 0.689. The Morgan fingerprint density at radius 2 is 2.40 bits per heavy atom. The van der Waals surface area contributed by atoms with Crippen LogP contribution in [-0.4, -0.2) is 20.2 Å². The monoisotopic (exact) mass is 131 g/mol. The van der Waals surface area contributed by atoms with Crippen LogP contribution in [0, 0.1) is 6.20 Å². The normalized spacial score (nSPS) is 10.0. The molecule has 0 amide bonds. The first-order valence-electron chi connectivity index (χ1n) is 2.77. The zero-order valence-corrected chi connectivity index (χ0v) is 5.02. The van der Waals surface area contributed by atoms with Crippen molar-refractivity contribution < 1.29 is 0 Å². The van der Waals surface area contributed by atoms with Crippen LogP contribution in [0.4, 0.5) is 0 Å². The van der Waals surface area contributed by atoms with Crippen LogP contribution in [0.3, 0.4) is 0 Å². The van der Waals surface area contributed by atoms with Crippen molar-refractivity contribution in [3.05, 3.63) is 24.8 Å². The summed E-state index contributed by atoms with van der Waals surface area (Å²) in [5, 5.41) is 8.19. The van der Waals surface area contributed by atoms with Crippen molar-refractivity contribution in [2.24, 2.45) is 0 Å². The van der Waals surface area contributed by atoms with Gasteiger partial charge in [0.1, 0.15) is 12.5 Å². The highest BCUT2D eigenvalue weighted by Crippen LogP contribution is 2.00. The minimum atomic E-state index is 0.581. The number of aromatic nitrogens is 4. The Kier molecular flexibility index (Phi) is 1.04. The molecule has 0 aromatic carbocycles. The van der Waals surface area contributed by atoms with Gasteiger partial charge in [-0.15, -0.1) is 5.10 Å². The lowest BCUT2D eigenvalue weighted by Gasteiger charge is -1.87. The molecule has 10 heavy (non-hydrogen) atoms. The Labute approximate surface area is 57.0 Å². The number of hydrogen-bond donors (Lipinski definition) is 0. The highest BCUT2D eigenvalue weighted by molar-refractivity contribution is 5.70. The molecule has 0 fully saturated rings. The summed E-state index contributed by atoms with van der Waals surface area (Å²) in [6.07, 6.45) is 5.72. The second-order valence-electron chi connectivity index (χ2n) is 1.75. The average molecular weight is 131 g/mol. The first-order chi connectivity index (χ1) is 4.97. The molecule has 0 atom stereocenters. The number of hydrogen-bond acceptors (Lipinski definition) is 4. The second-order valence-corrected chi connectivity index (χ2v) is 1.75. The van der Waals surface area contributed by atoms with Gasteiger partial charge in [0.05, 0.1) is 11.6 Å². The molecule has 2 heterocycles. The van der Waals surface area contributed by atoms with E-state index in [4.69, 9.17) is 0 Å². The van der Waals surface area contributed by atoms with E-state index in [2.05, 4.69) is 26.4 Å². The van der Waals surface area contributed by atoms with Gasteiger partial charge in [-0.2, -0.15) is 5.10 Å². The largest absolute Gasteiger partial charge is 0.234 e. The topological polar surface area (TPSA) is 51.6 Å². The maximum Gasteiger partial charge on any atom is 0.185 e. The molecule has 2 rings (SSSR count). The van der Waals surface area contributed by atoms with E-state index in [-0.39, 0.29) is 0 Å². The van der Waals surface area contributed by atoms with Gasteiger partial charge in [-0.25, -0.2) is 9.97 Å². The highest BCUT2D eigenvalue weighted by Gasteiger charge is 1.91. The molecule has 0 aliphatic rings. The van der Waals surface area contributed by atoms with Crippen LogP contribution in [0.1, 0.15) is 0 Å². The Morgan fingerprint density at radius 3 is 3.30 bits per heavy atom. The third-order valence-corrected chi connectivity index (χ3v) is 1.12. The van der Waals surface area contributed by atoms with Gasteiger partial charge in [0.25, 0.3) is 0 Å². The molecule has 0 saturated heterocycles. The van der Waals surface area contributed by atoms with Gasteiger partial charge in [0.2, 0.25) is 0 Å². The van der Waals surface area contributed by atoms with Gasteiger partial charge in [-0.05, 0) is 6.07 Å². The van der Waals surface area contributed by atoms with Crippen LogP contribution < -0.4 is 0 Å². The van der Waals surface area contributed by atoms with Gasteiger partial charge in [-0.1, -0.05) is 0 Å². The Balaban J connectivity index is 2.89. The first kappa shape index (κ1) is 5.22. The van der Waals surface area contributed by atoms with E-state index in [1.54, 1.807) is 12.3 Å². The number of nitrogens with zero attached hydrogens (tertiary/aromatic N) is 4. The van der Waals surface area contributed by atoms with Gasteiger partial charge in [-0.3, -0.25) is 0 Å². The molecule has 0 unspecified atom stereocenters. The lowest BCUT2D eigenvalue weighted by molar-refractivity contribution is 1.04. The molecular formula is C6H3N4. The molecular weight excluding hydrogens is 128 g/mol. The molecule has 0 N–H and O–H groups in total. The van der Waals surface area contributed by atoms with Gasteiger partial charge in [0, 0.05) is 0 Å². The molecule has 0 bridgehead atoms. The summed E-state index contributed by atoms with van der Waals surface area (Å²) in [7, 11) is 0. The number of rotatable bonds is 0. The smallest absolute Gasteiger partial charge is 0.185 e. The third-order valence-electron chi connectivity index (χ3n) is 1.12. The van der Waals surface area contributed by atoms with E-state index >= 15 is 0 Å². The van der Waals surface area contributed by atoms with Gasteiger partial charge >= 0.3 is 0 Å². The lowest BCUT2D eigenvalue weighted by Crippen LogP contribution is -1.86. The zero-order valence-electron chi connectivity index (χ0n) is 5.02. The van der Waals surface area contributed by atoms with Crippen LogP contribution in [0.2, 0.25) is 0 Å². The van der Waals surface area contributed by atoms with Crippen LogP contribution >= 0.6 is 0 Å². The van der Waals surface area contributed by atoms with E-state index in [9.17, 15) is 0 Å². The van der Waals surface area contributed by atoms with Crippen molar-refractivity contribution >= 4 is 11.0 Å². The second kappa shape index (κ2) is 1.98. The molecule has 0 aliphatic carbocycles. The van der Waals surface area contributed by atoms with Crippen molar-refractivity contribution in [1.82, 2.24) is 20.2 Å². The fraction of sp³-hybridized carbons (Fsp3) is 0. The maximum absolute atomic E-state index is 3.87. The number of fused-ring (bicyclic) bond motifs is 1. The van der Waals surface area contributed by atoms with Crippen molar-refractivity contribution in [1.29, 1.82) is 0 Å². The predicted octanol–water partition coefficient (Wildman–Crippen LogP) is 0.220. The summed E-state index contributed by atoms with van der Waals surface area (Å²) in [6.45, 7) is 0. The summed E-state index contributed by atoms with van der Waals surface area (Å²) in [5.41, 5.74) is 0.581. The summed E-state index contributed by atoms with van der Waals surface area (Å²) < 4.78 is 0. The minimum absolute atomic E-state index is 0.581. The van der Waals surface area contributed by atoms with Crippen LogP contribution in [0.5, 0.6) is 0 Å². The van der Waals surface area contributed by atoms with E-state index in [1.165, 1.54) is 6.33 Å². The molecule has 47 valence electrons. The van der Waals surface area contributed by atoms with Gasteiger partial charge in [0.15, 0.2) is 5.65 Å². The Morgan fingerprint density at radius 1 is 1.40 bits per heavy atom. The SMILES string of the molecule is [c]1ncnc2nnccc12. The van der Waals surface area contributed by atoms with Crippen LogP contribution in [-0.2, 0) is 0 Å². The van der Waals surface area contributed by atoms with E-state index in [0.717, 1.165) is 5.39 Å². The lowest BCUT2D eigenvalue weighted by atomic mass is 10.4. The molecule has 2 aromatic heterocycles. The standard InChI is InChI=1S/C6H3N4/c1-2-9-10-6-5(1)3-7-4-8-6/h1-2,4H. The summed E-state index contributed by atoms with van der Waals surface area (Å²) >= 11 is 0. The van der Waals surface area contributed by atoms with E-state index in [0.29, 0.717) is 5.65 Å². The van der Waals surface area contributed by atoms with Crippen molar-refractivity contribution in [2.45, 2.75) is 0 Å². The quantitative estimate of drug-likeness (QED) is 0.513. The van der Waals surface area contributed by atoms with E-state index < -0.39 is 0 Å². The molecule has 0 saturated carbocycles. The summed E-state index contributed by atoms with van der Waals surface area (Å²) in [4.78, 5) is 7.57. The summed E-state index contributed by atoms with van der Waals surface area (Å²) in [5.74, 6) is 0. The Hall–Kier alpha value is -1.58. The summed E-state index contributed by atoms with van der Waals surface area (Å²) in [6, 6.07) is 1.77. The Bertz CT molecular complexity index is 281. The van der Waals surface area contributed by atoms with Crippen LogP contribution in [0.15, 0.2) is 18.6 Å². The fourth-order valence-corrected chi connectivity index (χ4v) is 0.689. The van der Waals surface area contributed by atoms with Gasteiger partial charge < -0.3 is 0 Å². The van der Waals surface area contributed by atoms with Crippen LogP contribution in [0.25, 0.3) is 11.0 Å². The molecule has 2 aromatic rings. The first-order valence-corrected chi connectivity index (χ1v) is 2.77. The molecule has 1 radical (unpaired) electrons. The molecule has 4 nitrogen and oxygen atoms in total. The van der Waals surface area contributed by atoms with E-state index in [1.807, 2.05) is 0 Å². The van der Waals surface area contributed by atoms with Crippen molar-refractivity contribution in [2.75, 3.05) is 0 Å². The highest BCUT2D eigenvalue weighted by atomic mass is 15.1. The zero-order chi connectivity index (χ0) is 6.81. The third kappa shape index (κ3) is 0.699.